The SMILES string of the molecule is Cc1cccc(NC(=O)C(N)Cc2ccc(O)cc2)c1O. The van der Waals surface area contributed by atoms with Gasteiger partial charge in [-0.3, -0.25) is 4.79 Å². The summed E-state index contributed by atoms with van der Waals surface area (Å²) in [4.78, 5) is 12.1. The van der Waals surface area contributed by atoms with Gasteiger partial charge >= 0.3 is 0 Å². The molecule has 2 aromatic carbocycles. The van der Waals surface area contributed by atoms with E-state index in [1.807, 2.05) is 0 Å². The molecule has 0 saturated heterocycles. The van der Waals surface area contributed by atoms with Crippen LogP contribution in [0.4, 0.5) is 5.69 Å². The summed E-state index contributed by atoms with van der Waals surface area (Å²) in [6.07, 6.45) is 0.346. The van der Waals surface area contributed by atoms with Crippen LogP contribution in [0.25, 0.3) is 0 Å². The molecule has 2 rings (SSSR count). The predicted molar refractivity (Wildman–Crippen MR) is 81.3 cm³/mol. The first-order chi connectivity index (χ1) is 9.97. The van der Waals surface area contributed by atoms with E-state index >= 15 is 0 Å². The van der Waals surface area contributed by atoms with Gasteiger partial charge in [-0.25, -0.2) is 0 Å². The van der Waals surface area contributed by atoms with Crippen LogP contribution in [0, 0.1) is 6.92 Å². The second-order valence-corrected chi connectivity index (χ2v) is 4.94. The number of nitrogens with one attached hydrogen (secondary N) is 1. The molecule has 0 aliphatic heterocycles. The first kappa shape index (κ1) is 14.9. The number of para-hydroxylation sites is 1. The number of benzene rings is 2. The van der Waals surface area contributed by atoms with E-state index in [1.165, 1.54) is 0 Å². The van der Waals surface area contributed by atoms with E-state index in [0.29, 0.717) is 17.7 Å². The molecule has 0 fully saturated rings. The molecule has 1 atom stereocenters. The number of anilines is 1. The van der Waals surface area contributed by atoms with E-state index in [4.69, 9.17) is 5.73 Å². The van der Waals surface area contributed by atoms with E-state index in [-0.39, 0.29) is 17.4 Å². The zero-order valence-corrected chi connectivity index (χ0v) is 11.7. The van der Waals surface area contributed by atoms with Gasteiger partial charge in [0.15, 0.2) is 0 Å². The van der Waals surface area contributed by atoms with Crippen molar-refractivity contribution in [3.8, 4) is 11.5 Å². The minimum absolute atomic E-state index is 0.0442. The summed E-state index contributed by atoms with van der Waals surface area (Å²) in [7, 11) is 0. The quantitative estimate of drug-likeness (QED) is 0.646. The summed E-state index contributed by atoms with van der Waals surface area (Å²) < 4.78 is 0. The lowest BCUT2D eigenvalue weighted by Gasteiger charge is -2.14. The fourth-order valence-corrected chi connectivity index (χ4v) is 1.96. The van der Waals surface area contributed by atoms with E-state index in [9.17, 15) is 15.0 Å². The van der Waals surface area contributed by atoms with Crippen molar-refractivity contribution in [3.63, 3.8) is 0 Å². The second-order valence-electron chi connectivity index (χ2n) is 4.94. The molecule has 0 aliphatic rings. The first-order valence-electron chi connectivity index (χ1n) is 6.60. The van der Waals surface area contributed by atoms with Crippen molar-refractivity contribution in [2.75, 3.05) is 5.32 Å². The third-order valence-corrected chi connectivity index (χ3v) is 3.22. The lowest BCUT2D eigenvalue weighted by atomic mass is 10.1. The van der Waals surface area contributed by atoms with Crippen molar-refractivity contribution in [1.29, 1.82) is 0 Å². The average molecular weight is 286 g/mol. The summed E-state index contributed by atoms with van der Waals surface area (Å²) >= 11 is 0. The number of hydrogen-bond donors (Lipinski definition) is 4. The van der Waals surface area contributed by atoms with Crippen LogP contribution in [0.2, 0.25) is 0 Å². The minimum atomic E-state index is -0.741. The Hall–Kier alpha value is -2.53. The van der Waals surface area contributed by atoms with Crippen LogP contribution in [0.3, 0.4) is 0 Å². The Bertz CT molecular complexity index is 638. The van der Waals surface area contributed by atoms with Crippen molar-refractivity contribution >= 4 is 11.6 Å². The minimum Gasteiger partial charge on any atom is -0.508 e. The summed E-state index contributed by atoms with van der Waals surface area (Å²) in [5, 5.41) is 21.7. The Kier molecular flexibility index (Phi) is 4.45. The predicted octanol–water partition coefficient (Wildman–Crippen LogP) is 1.91. The number of carbonyl (C=O) groups excluding carboxylic acids is 1. The van der Waals surface area contributed by atoms with Crippen LogP contribution >= 0.6 is 0 Å². The van der Waals surface area contributed by atoms with Crippen LogP contribution in [0.1, 0.15) is 11.1 Å². The lowest BCUT2D eigenvalue weighted by Crippen LogP contribution is -2.37. The highest BCUT2D eigenvalue weighted by Crippen LogP contribution is 2.26. The molecule has 0 aromatic heterocycles. The van der Waals surface area contributed by atoms with E-state index < -0.39 is 6.04 Å². The topological polar surface area (TPSA) is 95.6 Å². The zero-order valence-electron chi connectivity index (χ0n) is 11.7. The Morgan fingerprint density at radius 1 is 1.19 bits per heavy atom. The van der Waals surface area contributed by atoms with Gasteiger partial charge in [-0.05, 0) is 42.7 Å². The average Bonchev–Trinajstić information content (AvgIpc) is 2.46. The number of carbonyl (C=O) groups is 1. The molecule has 5 nitrogen and oxygen atoms in total. The smallest absolute Gasteiger partial charge is 0.241 e. The molecule has 0 aliphatic carbocycles. The Morgan fingerprint density at radius 2 is 1.86 bits per heavy atom. The van der Waals surface area contributed by atoms with Gasteiger partial charge in [-0.2, -0.15) is 0 Å². The van der Waals surface area contributed by atoms with Crippen LogP contribution in [0.15, 0.2) is 42.5 Å². The molecule has 5 heteroatoms. The fourth-order valence-electron chi connectivity index (χ4n) is 1.96. The van der Waals surface area contributed by atoms with Crippen LogP contribution in [0.5, 0.6) is 11.5 Å². The van der Waals surface area contributed by atoms with E-state index in [0.717, 1.165) is 5.56 Å². The number of phenols is 2. The number of rotatable bonds is 4. The largest absolute Gasteiger partial charge is 0.508 e. The molecular formula is C16H18N2O3. The molecule has 2 aromatic rings. The number of aromatic hydroxyl groups is 2. The maximum Gasteiger partial charge on any atom is 0.241 e. The third-order valence-electron chi connectivity index (χ3n) is 3.22. The highest BCUT2D eigenvalue weighted by Gasteiger charge is 2.16. The summed E-state index contributed by atoms with van der Waals surface area (Å²) in [5.74, 6) is -0.159. The van der Waals surface area contributed by atoms with Gasteiger partial charge in [0.2, 0.25) is 5.91 Å². The number of hydrogen-bond acceptors (Lipinski definition) is 4. The number of phenolic OH excluding ortho intramolecular Hbond substituents is 2. The molecule has 0 bridgehead atoms. The van der Waals surface area contributed by atoms with Crippen molar-refractivity contribution in [2.45, 2.75) is 19.4 Å². The summed E-state index contributed by atoms with van der Waals surface area (Å²) in [6.45, 7) is 1.75. The zero-order chi connectivity index (χ0) is 15.4. The lowest BCUT2D eigenvalue weighted by molar-refractivity contribution is -0.117. The molecule has 110 valence electrons. The monoisotopic (exact) mass is 286 g/mol. The first-order valence-corrected chi connectivity index (χ1v) is 6.60. The van der Waals surface area contributed by atoms with Gasteiger partial charge in [0, 0.05) is 0 Å². The van der Waals surface area contributed by atoms with Crippen molar-refractivity contribution < 1.29 is 15.0 Å². The molecule has 0 spiro atoms. The Labute approximate surface area is 123 Å². The molecule has 0 radical (unpaired) electrons. The molecule has 5 N–H and O–H groups in total. The van der Waals surface area contributed by atoms with Gasteiger partial charge in [-0.15, -0.1) is 0 Å². The van der Waals surface area contributed by atoms with Crippen LogP contribution < -0.4 is 11.1 Å². The van der Waals surface area contributed by atoms with Crippen molar-refractivity contribution in [3.05, 3.63) is 53.6 Å². The van der Waals surface area contributed by atoms with E-state index in [2.05, 4.69) is 5.32 Å². The standard InChI is InChI=1S/C16H18N2O3/c1-10-3-2-4-14(15(10)20)18-16(21)13(17)9-11-5-7-12(19)8-6-11/h2-8,13,19-20H,9,17H2,1H3,(H,18,21). The van der Waals surface area contributed by atoms with Gasteiger partial charge < -0.3 is 21.3 Å². The van der Waals surface area contributed by atoms with Gasteiger partial charge in [0.25, 0.3) is 0 Å². The maximum absolute atomic E-state index is 12.1. The maximum atomic E-state index is 12.1. The van der Waals surface area contributed by atoms with Gasteiger partial charge in [0.05, 0.1) is 11.7 Å². The van der Waals surface area contributed by atoms with Gasteiger partial charge in [-0.1, -0.05) is 24.3 Å². The fraction of sp³-hybridized carbons (Fsp3) is 0.188. The van der Waals surface area contributed by atoms with Crippen molar-refractivity contribution in [2.24, 2.45) is 5.73 Å². The molecule has 1 unspecified atom stereocenters. The molecule has 1 amide bonds. The van der Waals surface area contributed by atoms with Crippen molar-refractivity contribution in [1.82, 2.24) is 0 Å². The number of nitrogens with two attached hydrogens (primary N) is 1. The molecule has 0 heterocycles. The normalized spacial score (nSPS) is 11.9. The number of aryl methyl sites for hydroxylation is 1. The summed E-state index contributed by atoms with van der Waals surface area (Å²) in [5.41, 5.74) is 7.75. The van der Waals surface area contributed by atoms with Gasteiger partial charge in [0.1, 0.15) is 11.5 Å². The molecular weight excluding hydrogens is 268 g/mol. The third kappa shape index (κ3) is 3.73. The number of amides is 1. The summed E-state index contributed by atoms with van der Waals surface area (Å²) in [6, 6.07) is 10.9. The highest BCUT2D eigenvalue weighted by atomic mass is 16.3. The molecule has 21 heavy (non-hydrogen) atoms. The molecule has 0 saturated carbocycles. The Balaban J connectivity index is 2.02. The second kappa shape index (κ2) is 6.28. The Morgan fingerprint density at radius 3 is 2.52 bits per heavy atom. The van der Waals surface area contributed by atoms with E-state index in [1.54, 1.807) is 49.4 Å². The van der Waals surface area contributed by atoms with Crippen LogP contribution in [-0.2, 0) is 11.2 Å². The highest BCUT2D eigenvalue weighted by molar-refractivity contribution is 5.96. The van der Waals surface area contributed by atoms with Crippen LogP contribution in [-0.4, -0.2) is 22.2 Å².